The number of benzene rings is 2. The van der Waals surface area contributed by atoms with Gasteiger partial charge in [0.2, 0.25) is 0 Å². The number of nitrogens with zero attached hydrogens (tertiary/aromatic N) is 5. The molecule has 0 atom stereocenters. The van der Waals surface area contributed by atoms with Crippen molar-refractivity contribution in [1.82, 2.24) is 9.55 Å². The molecule has 2 aromatic carbocycles. The summed E-state index contributed by atoms with van der Waals surface area (Å²) in [6, 6.07) is 12.5. The van der Waals surface area contributed by atoms with E-state index in [1.165, 1.54) is 18.6 Å². The van der Waals surface area contributed by atoms with Crippen LogP contribution in [0.4, 0.5) is 17.1 Å². The summed E-state index contributed by atoms with van der Waals surface area (Å²) in [6.07, 6.45) is 2.88. The van der Waals surface area contributed by atoms with Gasteiger partial charge in [-0.05, 0) is 18.2 Å². The first-order valence-corrected chi connectivity index (χ1v) is 7.85. The van der Waals surface area contributed by atoms with E-state index in [-0.39, 0.29) is 16.5 Å². The van der Waals surface area contributed by atoms with Gasteiger partial charge in [-0.3, -0.25) is 30.2 Å². The standard InChI is InChI=1S/C16H11ClN6O4/c17-16-15(21(10-18-16)11-4-2-1-3-5-11)9-19-20-13-7-6-12(22(24)25)8-14(13)23(26)27/h1-10,20H/b19-9-. The number of aromatic nitrogens is 2. The largest absolute Gasteiger partial charge is 0.301 e. The average Bonchev–Trinajstić information content (AvgIpc) is 3.03. The van der Waals surface area contributed by atoms with Crippen LogP contribution in [-0.4, -0.2) is 25.6 Å². The third-order valence-electron chi connectivity index (χ3n) is 3.55. The lowest BCUT2D eigenvalue weighted by Gasteiger charge is -2.05. The zero-order chi connectivity index (χ0) is 19.4. The van der Waals surface area contributed by atoms with Crippen LogP contribution >= 0.6 is 11.6 Å². The van der Waals surface area contributed by atoms with Crippen molar-refractivity contribution in [3.8, 4) is 5.69 Å². The predicted molar refractivity (Wildman–Crippen MR) is 99.5 cm³/mol. The Kier molecular flexibility index (Phi) is 5.08. The molecule has 0 spiro atoms. The van der Waals surface area contributed by atoms with E-state index in [0.717, 1.165) is 17.8 Å². The molecule has 3 rings (SSSR count). The van der Waals surface area contributed by atoms with Crippen molar-refractivity contribution in [2.75, 3.05) is 5.43 Å². The fourth-order valence-corrected chi connectivity index (χ4v) is 2.47. The number of rotatable bonds is 6. The van der Waals surface area contributed by atoms with Crippen molar-refractivity contribution in [3.63, 3.8) is 0 Å². The third kappa shape index (κ3) is 3.90. The molecule has 1 aromatic heterocycles. The van der Waals surface area contributed by atoms with Gasteiger partial charge in [0, 0.05) is 11.8 Å². The predicted octanol–water partition coefficient (Wildman–Crippen LogP) is 3.79. The molecule has 0 amide bonds. The van der Waals surface area contributed by atoms with Crippen LogP contribution in [0.1, 0.15) is 5.69 Å². The van der Waals surface area contributed by atoms with Gasteiger partial charge in [-0.2, -0.15) is 5.10 Å². The van der Waals surface area contributed by atoms with Gasteiger partial charge in [0.25, 0.3) is 5.69 Å². The van der Waals surface area contributed by atoms with Crippen LogP contribution in [0.5, 0.6) is 0 Å². The van der Waals surface area contributed by atoms with E-state index in [1.54, 1.807) is 4.57 Å². The van der Waals surface area contributed by atoms with Gasteiger partial charge in [0.1, 0.15) is 17.7 Å². The minimum atomic E-state index is -0.730. The molecule has 0 aliphatic heterocycles. The Morgan fingerprint density at radius 2 is 1.85 bits per heavy atom. The SMILES string of the molecule is O=[N+]([O-])c1ccc(N/N=C\c2c(Cl)ncn2-c2ccccc2)c([N+](=O)[O-])c1. The second-order valence-corrected chi connectivity index (χ2v) is 5.57. The van der Waals surface area contributed by atoms with Crippen molar-refractivity contribution in [2.45, 2.75) is 0 Å². The number of para-hydroxylation sites is 1. The van der Waals surface area contributed by atoms with E-state index in [4.69, 9.17) is 11.6 Å². The Morgan fingerprint density at radius 1 is 1.11 bits per heavy atom. The minimum Gasteiger partial charge on any atom is -0.297 e. The Hall–Kier alpha value is -3.79. The van der Waals surface area contributed by atoms with Crippen LogP contribution in [-0.2, 0) is 0 Å². The highest BCUT2D eigenvalue weighted by atomic mass is 35.5. The van der Waals surface area contributed by atoms with E-state index < -0.39 is 15.5 Å². The first-order valence-electron chi connectivity index (χ1n) is 7.47. The highest BCUT2D eigenvalue weighted by Gasteiger charge is 2.19. The smallest absolute Gasteiger partial charge is 0.297 e. The van der Waals surface area contributed by atoms with Gasteiger partial charge in [-0.1, -0.05) is 29.8 Å². The second-order valence-electron chi connectivity index (χ2n) is 5.21. The molecule has 1 heterocycles. The highest BCUT2D eigenvalue weighted by Crippen LogP contribution is 2.29. The average molecular weight is 387 g/mol. The number of nitro benzene ring substituents is 2. The van der Waals surface area contributed by atoms with Crippen molar-refractivity contribution in [2.24, 2.45) is 5.10 Å². The van der Waals surface area contributed by atoms with E-state index >= 15 is 0 Å². The van der Waals surface area contributed by atoms with Gasteiger partial charge in [-0.25, -0.2) is 4.98 Å². The number of hydrogen-bond donors (Lipinski definition) is 1. The minimum absolute atomic E-state index is 0.00347. The Bertz CT molecular complexity index is 1030. The molecule has 0 radical (unpaired) electrons. The molecule has 1 N–H and O–H groups in total. The van der Waals surface area contributed by atoms with Gasteiger partial charge in [0.05, 0.1) is 22.1 Å². The summed E-state index contributed by atoms with van der Waals surface area (Å²) in [4.78, 5) is 24.5. The number of halogens is 1. The number of hydrazone groups is 1. The van der Waals surface area contributed by atoms with Crippen LogP contribution in [0.15, 0.2) is 60.0 Å². The zero-order valence-electron chi connectivity index (χ0n) is 13.5. The molecule has 27 heavy (non-hydrogen) atoms. The van der Waals surface area contributed by atoms with E-state index in [9.17, 15) is 20.2 Å². The van der Waals surface area contributed by atoms with Crippen LogP contribution in [0.25, 0.3) is 5.69 Å². The molecule has 0 fully saturated rings. The third-order valence-corrected chi connectivity index (χ3v) is 3.84. The summed E-state index contributed by atoms with van der Waals surface area (Å²) in [7, 11) is 0. The molecule has 136 valence electrons. The van der Waals surface area contributed by atoms with Crippen molar-refractivity contribution < 1.29 is 9.85 Å². The molecule has 0 saturated heterocycles. The summed E-state index contributed by atoms with van der Waals surface area (Å²) >= 11 is 6.08. The van der Waals surface area contributed by atoms with Crippen molar-refractivity contribution in [1.29, 1.82) is 0 Å². The van der Waals surface area contributed by atoms with Gasteiger partial charge in [-0.15, -0.1) is 0 Å². The second kappa shape index (κ2) is 7.62. The normalized spacial score (nSPS) is 10.9. The maximum absolute atomic E-state index is 11.1. The molecule has 0 aliphatic carbocycles. The fraction of sp³-hybridized carbons (Fsp3) is 0. The lowest BCUT2D eigenvalue weighted by atomic mass is 10.2. The van der Waals surface area contributed by atoms with Crippen molar-refractivity contribution in [3.05, 3.63) is 85.9 Å². The monoisotopic (exact) mass is 386 g/mol. The lowest BCUT2D eigenvalue weighted by Crippen LogP contribution is -2.01. The number of hydrogen-bond acceptors (Lipinski definition) is 7. The first kappa shape index (κ1) is 18.0. The van der Waals surface area contributed by atoms with Crippen LogP contribution in [0.2, 0.25) is 5.15 Å². The molecule has 0 aliphatic rings. The lowest BCUT2D eigenvalue weighted by molar-refractivity contribution is -0.393. The summed E-state index contributed by atoms with van der Waals surface area (Å²) in [6.45, 7) is 0. The quantitative estimate of drug-likeness (QED) is 0.390. The van der Waals surface area contributed by atoms with E-state index in [0.29, 0.717) is 5.69 Å². The Morgan fingerprint density at radius 3 is 2.52 bits per heavy atom. The van der Waals surface area contributed by atoms with E-state index in [1.807, 2.05) is 30.3 Å². The van der Waals surface area contributed by atoms with Gasteiger partial charge >= 0.3 is 5.69 Å². The van der Waals surface area contributed by atoms with Gasteiger partial charge in [0.15, 0.2) is 5.15 Å². The Balaban J connectivity index is 1.88. The number of non-ortho nitro benzene ring substituents is 1. The first-order chi connectivity index (χ1) is 13.0. The zero-order valence-corrected chi connectivity index (χ0v) is 14.3. The molecule has 0 saturated carbocycles. The Labute approximate surface area is 157 Å². The highest BCUT2D eigenvalue weighted by molar-refractivity contribution is 6.31. The van der Waals surface area contributed by atoms with Gasteiger partial charge < -0.3 is 0 Å². The summed E-state index contributed by atoms with van der Waals surface area (Å²) in [5.74, 6) is 0. The maximum atomic E-state index is 11.1. The summed E-state index contributed by atoms with van der Waals surface area (Å²) in [5.41, 5.74) is 2.92. The molecule has 0 bridgehead atoms. The van der Waals surface area contributed by atoms with E-state index in [2.05, 4.69) is 15.5 Å². The van der Waals surface area contributed by atoms with Crippen LogP contribution in [0, 0.1) is 20.2 Å². The maximum Gasteiger partial charge on any atom is 0.301 e. The number of nitro groups is 2. The van der Waals surface area contributed by atoms with Crippen molar-refractivity contribution >= 4 is 34.9 Å². The molecular formula is C16H11ClN6O4. The molecular weight excluding hydrogens is 376 g/mol. The number of nitrogens with one attached hydrogen (secondary N) is 1. The molecule has 3 aromatic rings. The molecule has 10 nitrogen and oxygen atoms in total. The topological polar surface area (TPSA) is 128 Å². The fourth-order valence-electron chi connectivity index (χ4n) is 2.29. The van der Waals surface area contributed by atoms with Crippen LogP contribution < -0.4 is 5.43 Å². The van der Waals surface area contributed by atoms with Crippen LogP contribution in [0.3, 0.4) is 0 Å². The number of imidazole rings is 1. The summed E-state index contributed by atoms with van der Waals surface area (Å²) < 4.78 is 1.69. The molecule has 11 heteroatoms. The number of anilines is 1. The molecule has 0 unspecified atom stereocenters. The summed E-state index contributed by atoms with van der Waals surface area (Å²) in [5, 5.41) is 26.1.